The van der Waals surface area contributed by atoms with Gasteiger partial charge in [0.1, 0.15) is 5.82 Å². The third-order valence-electron chi connectivity index (χ3n) is 6.04. The van der Waals surface area contributed by atoms with Gasteiger partial charge in [-0.2, -0.15) is 5.10 Å². The van der Waals surface area contributed by atoms with Crippen LogP contribution in [0.2, 0.25) is 0 Å². The van der Waals surface area contributed by atoms with Crippen LogP contribution in [0.1, 0.15) is 17.7 Å². The van der Waals surface area contributed by atoms with Crippen molar-refractivity contribution in [2.24, 2.45) is 5.41 Å². The maximum absolute atomic E-state index is 13.4. The molecule has 0 N–H and O–H groups in total. The van der Waals surface area contributed by atoms with E-state index < -0.39 is 0 Å². The first-order valence-corrected chi connectivity index (χ1v) is 11.1. The minimum atomic E-state index is -0.234. The van der Waals surface area contributed by atoms with Crippen molar-refractivity contribution in [2.75, 3.05) is 26.8 Å². The molecule has 1 aliphatic carbocycles. The zero-order chi connectivity index (χ0) is 20.6. The van der Waals surface area contributed by atoms with Crippen LogP contribution < -0.4 is 0 Å². The predicted octanol–water partition coefficient (Wildman–Crippen LogP) is 4.08. The first-order valence-electron chi connectivity index (χ1n) is 10.2. The number of nitrogens with zero attached hydrogens (tertiary/aromatic N) is 3. The Morgan fingerprint density at radius 2 is 1.93 bits per heavy atom. The van der Waals surface area contributed by atoms with Crippen LogP contribution in [0.3, 0.4) is 0 Å². The van der Waals surface area contributed by atoms with Gasteiger partial charge in [-0.3, -0.25) is 0 Å². The molecule has 1 atom stereocenters. The highest BCUT2D eigenvalue weighted by Gasteiger charge is 2.45. The molecule has 2 aliphatic rings. The summed E-state index contributed by atoms with van der Waals surface area (Å²) in [6.45, 7) is 2.68. The number of thiol groups is 1. The molecule has 5 rings (SSSR count). The molecule has 0 unspecified atom stereocenters. The number of ether oxygens (including phenoxy) is 1. The summed E-state index contributed by atoms with van der Waals surface area (Å²) in [7, 11) is 1.79. The smallest absolute Gasteiger partial charge is 0.173 e. The molecule has 3 aromatic rings. The van der Waals surface area contributed by atoms with Gasteiger partial charge in [-0.05, 0) is 60.9 Å². The normalized spacial score (nSPS) is 21.1. The van der Waals surface area contributed by atoms with E-state index in [-0.39, 0.29) is 11.2 Å². The molecule has 0 saturated carbocycles. The fourth-order valence-corrected chi connectivity index (χ4v) is 5.82. The average molecular weight is 423 g/mol. The summed E-state index contributed by atoms with van der Waals surface area (Å²) in [6.07, 6.45) is 6.17. The summed E-state index contributed by atoms with van der Waals surface area (Å²) < 4.78 is 23.5. The number of piperidine rings is 1. The van der Waals surface area contributed by atoms with Gasteiger partial charge in [-0.1, -0.05) is 23.8 Å². The third kappa shape index (κ3) is 3.60. The lowest BCUT2D eigenvalue weighted by Crippen LogP contribution is -2.48. The van der Waals surface area contributed by atoms with E-state index in [2.05, 4.69) is 45.8 Å². The molecule has 0 spiro atoms. The van der Waals surface area contributed by atoms with Gasteiger partial charge in [0.2, 0.25) is 0 Å². The Balaban J connectivity index is 1.45. The van der Waals surface area contributed by atoms with Crippen molar-refractivity contribution >= 4 is 18.0 Å². The van der Waals surface area contributed by atoms with Gasteiger partial charge >= 0.3 is 0 Å². The predicted molar refractivity (Wildman–Crippen MR) is 119 cm³/mol. The number of halogens is 1. The second kappa shape index (κ2) is 8.02. The monoisotopic (exact) mass is 422 g/mol. The Hall–Kier alpha value is -2.41. The SMILES string of the molecule is COC[C@]12Cc3cnn(-c4ccc(F)cc4)c3C=C1CCN([SH+]c1ccccc1)C2. The zero-order valence-corrected chi connectivity index (χ0v) is 17.9. The van der Waals surface area contributed by atoms with Crippen molar-refractivity contribution in [3.05, 3.63) is 83.4 Å². The third-order valence-corrected chi connectivity index (χ3v) is 7.19. The molecular formula is C24H25FN3OS+. The fraction of sp³-hybridized carbons (Fsp3) is 0.292. The highest BCUT2D eigenvalue weighted by Crippen LogP contribution is 2.44. The molecule has 4 nitrogen and oxygen atoms in total. The van der Waals surface area contributed by atoms with Gasteiger partial charge in [0, 0.05) is 19.1 Å². The number of hydrogen-bond donors (Lipinski definition) is 0. The molecule has 0 radical (unpaired) electrons. The van der Waals surface area contributed by atoms with Crippen LogP contribution in [0.25, 0.3) is 11.8 Å². The summed E-state index contributed by atoms with van der Waals surface area (Å²) >= 11 is 1.25. The van der Waals surface area contributed by atoms with E-state index in [1.807, 2.05) is 10.9 Å². The Bertz CT molecular complexity index is 1060. The van der Waals surface area contributed by atoms with Crippen LogP contribution in [0, 0.1) is 11.2 Å². The minimum absolute atomic E-state index is 0.0293. The standard InChI is InChI=1S/C24H24FN3OS/c1-29-17-24-14-18-15-26-28(21-9-7-20(25)8-10-21)23(18)13-19(24)11-12-27(16-24)30-22-5-3-2-4-6-22/h2-10,13,15H,11-12,14,16-17H2,1H3/p+1/t24-/m1/s1. The van der Waals surface area contributed by atoms with E-state index in [1.54, 1.807) is 19.2 Å². The van der Waals surface area contributed by atoms with Crippen LogP contribution in [0.15, 0.2) is 71.3 Å². The summed E-state index contributed by atoms with van der Waals surface area (Å²) in [5.41, 5.74) is 4.61. The molecule has 0 amide bonds. The van der Waals surface area contributed by atoms with E-state index in [1.165, 1.54) is 40.1 Å². The lowest BCUT2D eigenvalue weighted by atomic mass is 9.69. The highest BCUT2D eigenvalue weighted by molar-refractivity contribution is 7.76. The summed E-state index contributed by atoms with van der Waals surface area (Å²) in [6, 6.07) is 17.1. The molecule has 6 heteroatoms. The van der Waals surface area contributed by atoms with Crippen LogP contribution in [0.4, 0.5) is 4.39 Å². The van der Waals surface area contributed by atoms with E-state index in [4.69, 9.17) is 4.74 Å². The van der Waals surface area contributed by atoms with E-state index in [0.29, 0.717) is 6.61 Å². The van der Waals surface area contributed by atoms with Gasteiger partial charge in [-0.25, -0.2) is 9.07 Å². The van der Waals surface area contributed by atoms with Gasteiger partial charge in [-0.15, -0.1) is 4.31 Å². The maximum atomic E-state index is 13.4. The van der Waals surface area contributed by atoms with Crippen molar-refractivity contribution < 1.29 is 9.13 Å². The molecular weight excluding hydrogens is 397 g/mol. The molecule has 1 aromatic heterocycles. The Labute approximate surface area is 180 Å². The number of rotatable bonds is 5. The molecule has 1 aliphatic heterocycles. The van der Waals surface area contributed by atoms with Crippen LogP contribution in [-0.2, 0) is 23.1 Å². The van der Waals surface area contributed by atoms with Gasteiger partial charge < -0.3 is 4.74 Å². The lowest BCUT2D eigenvalue weighted by Gasteiger charge is -2.43. The Morgan fingerprint density at radius 1 is 1.13 bits per heavy atom. The molecule has 1 fully saturated rings. The Kier molecular flexibility index (Phi) is 5.23. The highest BCUT2D eigenvalue weighted by atomic mass is 32.2. The quantitative estimate of drug-likeness (QED) is 0.459. The number of aromatic nitrogens is 2. The topological polar surface area (TPSA) is 30.3 Å². The van der Waals surface area contributed by atoms with Gasteiger partial charge in [0.25, 0.3) is 0 Å². The summed E-state index contributed by atoms with van der Waals surface area (Å²) in [4.78, 5) is 1.32. The fourth-order valence-electron chi connectivity index (χ4n) is 4.65. The summed E-state index contributed by atoms with van der Waals surface area (Å²) in [5, 5.41) is 4.63. The van der Waals surface area contributed by atoms with Crippen molar-refractivity contribution in [3.8, 4) is 5.69 Å². The number of benzene rings is 2. The molecule has 2 aromatic carbocycles. The van der Waals surface area contributed by atoms with Crippen LogP contribution in [-0.4, -0.2) is 40.9 Å². The molecule has 0 bridgehead atoms. The molecule has 154 valence electrons. The summed E-state index contributed by atoms with van der Waals surface area (Å²) in [5.74, 6) is -0.234. The molecule has 2 heterocycles. The average Bonchev–Trinajstić information content (AvgIpc) is 3.15. The number of fused-ring (bicyclic) bond motifs is 2. The largest absolute Gasteiger partial charge is 0.384 e. The second-order valence-corrected chi connectivity index (χ2v) is 9.36. The van der Waals surface area contributed by atoms with Crippen molar-refractivity contribution in [3.63, 3.8) is 0 Å². The zero-order valence-electron chi connectivity index (χ0n) is 17.0. The first kappa shape index (κ1) is 19.5. The molecule has 1 saturated heterocycles. The number of hydrogen-bond acceptors (Lipinski definition) is 3. The van der Waals surface area contributed by atoms with Crippen molar-refractivity contribution in [1.82, 2.24) is 14.1 Å². The number of methoxy groups -OCH3 is 1. The Morgan fingerprint density at radius 3 is 2.70 bits per heavy atom. The van der Waals surface area contributed by atoms with E-state index >= 15 is 0 Å². The van der Waals surface area contributed by atoms with Crippen LogP contribution >= 0.6 is 0 Å². The second-order valence-electron chi connectivity index (χ2n) is 8.08. The van der Waals surface area contributed by atoms with Gasteiger partial charge in [0.15, 0.2) is 4.90 Å². The van der Waals surface area contributed by atoms with Crippen molar-refractivity contribution in [1.29, 1.82) is 0 Å². The maximum Gasteiger partial charge on any atom is 0.173 e. The van der Waals surface area contributed by atoms with E-state index in [0.717, 1.165) is 37.3 Å². The lowest BCUT2D eigenvalue weighted by molar-refractivity contribution is 0.0755. The first-order chi connectivity index (χ1) is 14.7. The van der Waals surface area contributed by atoms with Gasteiger partial charge in [0.05, 0.1) is 42.7 Å². The van der Waals surface area contributed by atoms with E-state index in [9.17, 15) is 4.39 Å². The molecule has 30 heavy (non-hydrogen) atoms. The van der Waals surface area contributed by atoms with Crippen molar-refractivity contribution in [2.45, 2.75) is 17.7 Å². The minimum Gasteiger partial charge on any atom is -0.384 e. The van der Waals surface area contributed by atoms with Crippen LogP contribution in [0.5, 0.6) is 0 Å².